The van der Waals surface area contributed by atoms with Crippen LogP contribution in [0.2, 0.25) is 0 Å². The molecule has 1 fully saturated rings. The first-order valence-corrected chi connectivity index (χ1v) is 4.78. The van der Waals surface area contributed by atoms with Gasteiger partial charge in [-0.25, -0.2) is 9.78 Å². The smallest absolute Gasteiger partial charge is 0.354 e. The number of hydrogen-bond acceptors (Lipinski definition) is 5. The zero-order chi connectivity index (χ0) is 11.4. The number of aromatic nitrogens is 1. The van der Waals surface area contributed by atoms with Crippen LogP contribution in [0.1, 0.15) is 10.5 Å². The van der Waals surface area contributed by atoms with E-state index in [0.29, 0.717) is 13.2 Å². The van der Waals surface area contributed by atoms with Crippen LogP contribution < -0.4 is 4.74 Å². The normalized spacial score (nSPS) is 17.0. The lowest BCUT2D eigenvalue weighted by Crippen LogP contribution is -2.34. The van der Waals surface area contributed by atoms with E-state index in [9.17, 15) is 4.79 Å². The molecule has 0 spiro atoms. The van der Waals surface area contributed by atoms with Gasteiger partial charge in [-0.2, -0.15) is 0 Å². The highest BCUT2D eigenvalue weighted by Gasteiger charge is 2.17. The number of ether oxygens (including phenoxy) is 3. The summed E-state index contributed by atoms with van der Waals surface area (Å²) < 4.78 is 15.5. The van der Waals surface area contributed by atoms with Crippen molar-refractivity contribution in [1.82, 2.24) is 4.98 Å². The van der Waals surface area contributed by atoms with Crippen molar-refractivity contribution in [2.24, 2.45) is 0 Å². The average Bonchev–Trinajstić information content (AvgIpc) is 2.30. The SMILES string of the molecule is O=C(O)c1cccc(OC2COCOC2)n1. The summed E-state index contributed by atoms with van der Waals surface area (Å²) in [6.45, 7) is 1.10. The second-order valence-electron chi connectivity index (χ2n) is 3.27. The molecule has 86 valence electrons. The van der Waals surface area contributed by atoms with E-state index in [1.54, 1.807) is 12.1 Å². The number of carboxylic acids is 1. The van der Waals surface area contributed by atoms with E-state index >= 15 is 0 Å². The number of hydrogen-bond donors (Lipinski definition) is 1. The van der Waals surface area contributed by atoms with Crippen LogP contribution in [0.15, 0.2) is 18.2 Å². The predicted molar refractivity (Wildman–Crippen MR) is 52.4 cm³/mol. The first-order chi connectivity index (χ1) is 7.75. The van der Waals surface area contributed by atoms with Crippen LogP contribution in [0.25, 0.3) is 0 Å². The summed E-state index contributed by atoms with van der Waals surface area (Å²) in [6, 6.07) is 4.58. The first-order valence-electron chi connectivity index (χ1n) is 4.78. The van der Waals surface area contributed by atoms with E-state index in [4.69, 9.17) is 19.3 Å². The van der Waals surface area contributed by atoms with Gasteiger partial charge in [0.25, 0.3) is 0 Å². The molecular weight excluding hydrogens is 214 g/mol. The van der Waals surface area contributed by atoms with Crippen molar-refractivity contribution < 1.29 is 24.1 Å². The number of aromatic carboxylic acids is 1. The quantitative estimate of drug-likeness (QED) is 0.808. The lowest BCUT2D eigenvalue weighted by Gasteiger charge is -2.22. The number of carboxylic acid groups (broad SMARTS) is 1. The van der Waals surface area contributed by atoms with Crippen molar-refractivity contribution in [1.29, 1.82) is 0 Å². The molecule has 2 heterocycles. The maximum absolute atomic E-state index is 10.7. The van der Waals surface area contributed by atoms with Gasteiger partial charge in [0, 0.05) is 6.07 Å². The molecule has 6 nitrogen and oxygen atoms in total. The predicted octanol–water partition coefficient (Wildman–Crippen LogP) is 0.531. The molecule has 1 aromatic rings. The second kappa shape index (κ2) is 4.91. The molecule has 1 saturated heterocycles. The Morgan fingerprint density at radius 2 is 2.19 bits per heavy atom. The summed E-state index contributed by atoms with van der Waals surface area (Å²) in [7, 11) is 0. The lowest BCUT2D eigenvalue weighted by molar-refractivity contribution is -0.144. The maximum Gasteiger partial charge on any atom is 0.354 e. The van der Waals surface area contributed by atoms with Gasteiger partial charge >= 0.3 is 5.97 Å². The van der Waals surface area contributed by atoms with Crippen molar-refractivity contribution in [2.75, 3.05) is 20.0 Å². The zero-order valence-corrected chi connectivity index (χ0v) is 8.46. The van der Waals surface area contributed by atoms with Gasteiger partial charge in [-0.05, 0) is 6.07 Å². The first kappa shape index (κ1) is 10.8. The summed E-state index contributed by atoms with van der Waals surface area (Å²) >= 11 is 0. The molecular formula is C10H11NO5. The summed E-state index contributed by atoms with van der Waals surface area (Å²) in [4.78, 5) is 14.5. The van der Waals surface area contributed by atoms with Gasteiger partial charge in [0.15, 0.2) is 5.69 Å². The summed E-state index contributed by atoms with van der Waals surface area (Å²) in [5.41, 5.74) is -0.0462. The minimum atomic E-state index is -1.08. The largest absolute Gasteiger partial charge is 0.477 e. The molecule has 0 amide bonds. The van der Waals surface area contributed by atoms with E-state index in [1.165, 1.54) is 6.07 Å². The number of nitrogens with zero attached hydrogens (tertiary/aromatic N) is 1. The molecule has 0 atom stereocenters. The zero-order valence-electron chi connectivity index (χ0n) is 8.46. The van der Waals surface area contributed by atoms with Crippen molar-refractivity contribution in [2.45, 2.75) is 6.10 Å². The maximum atomic E-state index is 10.7. The fourth-order valence-corrected chi connectivity index (χ4v) is 1.30. The number of carbonyl (C=O) groups is 1. The summed E-state index contributed by atoms with van der Waals surface area (Å²) in [5, 5.41) is 8.75. The van der Waals surface area contributed by atoms with Crippen molar-refractivity contribution in [3.05, 3.63) is 23.9 Å². The molecule has 6 heteroatoms. The molecule has 0 saturated carbocycles. The van der Waals surface area contributed by atoms with Crippen molar-refractivity contribution in [3.8, 4) is 5.88 Å². The van der Waals surface area contributed by atoms with Crippen molar-refractivity contribution >= 4 is 5.97 Å². The molecule has 2 rings (SSSR count). The lowest BCUT2D eigenvalue weighted by atomic mass is 10.3. The van der Waals surface area contributed by atoms with Crippen LogP contribution in [-0.2, 0) is 9.47 Å². The van der Waals surface area contributed by atoms with Gasteiger partial charge in [0.05, 0.1) is 13.2 Å². The van der Waals surface area contributed by atoms with Crippen LogP contribution in [0, 0.1) is 0 Å². The monoisotopic (exact) mass is 225 g/mol. The standard InChI is InChI=1S/C10H11NO5/c12-10(13)8-2-1-3-9(11-8)16-7-4-14-6-15-5-7/h1-3,7H,4-6H2,(H,12,13). The molecule has 1 aliphatic heterocycles. The number of rotatable bonds is 3. The molecule has 0 unspecified atom stereocenters. The highest BCUT2D eigenvalue weighted by atomic mass is 16.7. The van der Waals surface area contributed by atoms with E-state index in [-0.39, 0.29) is 24.5 Å². The summed E-state index contributed by atoms with van der Waals surface area (Å²) in [6.07, 6.45) is -0.245. The molecule has 0 aromatic carbocycles. The molecule has 1 aliphatic rings. The molecule has 0 radical (unpaired) electrons. The molecule has 0 bridgehead atoms. The Labute approximate surface area is 91.8 Å². The third kappa shape index (κ3) is 2.68. The Hall–Kier alpha value is -1.66. The number of pyridine rings is 1. The van der Waals surface area contributed by atoms with Crippen LogP contribution >= 0.6 is 0 Å². The molecule has 16 heavy (non-hydrogen) atoms. The van der Waals surface area contributed by atoms with E-state index < -0.39 is 5.97 Å². The fraction of sp³-hybridized carbons (Fsp3) is 0.400. The minimum absolute atomic E-state index is 0.0462. The van der Waals surface area contributed by atoms with E-state index in [0.717, 1.165) is 0 Å². The Morgan fingerprint density at radius 3 is 2.88 bits per heavy atom. The third-order valence-electron chi connectivity index (χ3n) is 2.00. The average molecular weight is 225 g/mol. The van der Waals surface area contributed by atoms with Gasteiger partial charge in [-0.3, -0.25) is 0 Å². The van der Waals surface area contributed by atoms with Gasteiger partial charge in [-0.1, -0.05) is 6.07 Å². The van der Waals surface area contributed by atoms with Gasteiger partial charge in [0.2, 0.25) is 5.88 Å². The van der Waals surface area contributed by atoms with Crippen LogP contribution in [0.3, 0.4) is 0 Å². The topological polar surface area (TPSA) is 77.9 Å². The third-order valence-corrected chi connectivity index (χ3v) is 2.00. The summed E-state index contributed by atoms with van der Waals surface area (Å²) in [5.74, 6) is -0.819. The second-order valence-corrected chi connectivity index (χ2v) is 3.27. The highest BCUT2D eigenvalue weighted by molar-refractivity contribution is 5.85. The Morgan fingerprint density at radius 1 is 1.44 bits per heavy atom. The van der Waals surface area contributed by atoms with Gasteiger partial charge in [-0.15, -0.1) is 0 Å². The molecule has 1 aromatic heterocycles. The molecule has 1 N–H and O–H groups in total. The minimum Gasteiger partial charge on any atom is -0.477 e. The van der Waals surface area contributed by atoms with E-state index in [2.05, 4.69) is 4.98 Å². The Bertz CT molecular complexity index is 375. The van der Waals surface area contributed by atoms with E-state index in [1.807, 2.05) is 0 Å². The van der Waals surface area contributed by atoms with Crippen LogP contribution in [0.4, 0.5) is 0 Å². The van der Waals surface area contributed by atoms with Crippen LogP contribution in [-0.4, -0.2) is 42.2 Å². The highest BCUT2D eigenvalue weighted by Crippen LogP contribution is 2.11. The molecule has 0 aliphatic carbocycles. The van der Waals surface area contributed by atoms with Crippen molar-refractivity contribution in [3.63, 3.8) is 0 Å². The fourth-order valence-electron chi connectivity index (χ4n) is 1.30. The van der Waals surface area contributed by atoms with Gasteiger partial charge < -0.3 is 19.3 Å². The Kier molecular flexibility index (Phi) is 3.33. The van der Waals surface area contributed by atoms with Crippen LogP contribution in [0.5, 0.6) is 5.88 Å². The Balaban J connectivity index is 2.02. The van der Waals surface area contributed by atoms with Gasteiger partial charge in [0.1, 0.15) is 12.9 Å².